The highest BCUT2D eigenvalue weighted by Crippen LogP contribution is 2.45. The molecule has 0 aromatic heterocycles. The predicted molar refractivity (Wildman–Crippen MR) is 69.5 cm³/mol. The second-order valence-corrected chi connectivity index (χ2v) is 4.10. The van der Waals surface area contributed by atoms with Crippen molar-refractivity contribution in [3.8, 4) is 17.2 Å². The Bertz CT molecular complexity index is 477. The van der Waals surface area contributed by atoms with E-state index < -0.39 is 0 Å². The van der Waals surface area contributed by atoms with Crippen LogP contribution in [0.25, 0.3) is 5.57 Å². The van der Waals surface area contributed by atoms with Crippen LogP contribution in [-0.4, -0.2) is 33.0 Å². The first kappa shape index (κ1) is 12.8. The normalized spacial score (nSPS) is 13.7. The third-order valence-electron chi connectivity index (χ3n) is 3.23. The standard InChI is InChI=1S/C14H18O4/c1-16-12-7-11-9(8-15)5-4-6-10(11)13(17-2)14(12)18-3/h5,7,15H,4,6,8H2,1-3H3. The summed E-state index contributed by atoms with van der Waals surface area (Å²) in [5.74, 6) is 1.93. The average Bonchev–Trinajstić information content (AvgIpc) is 2.44. The molecule has 0 fully saturated rings. The maximum atomic E-state index is 9.41. The molecule has 1 aliphatic carbocycles. The van der Waals surface area contributed by atoms with Gasteiger partial charge >= 0.3 is 0 Å². The van der Waals surface area contributed by atoms with Crippen molar-refractivity contribution in [2.24, 2.45) is 0 Å². The molecule has 0 bridgehead atoms. The fourth-order valence-corrected chi connectivity index (χ4v) is 2.40. The maximum absolute atomic E-state index is 9.41. The molecule has 0 unspecified atom stereocenters. The molecule has 0 amide bonds. The Kier molecular flexibility index (Phi) is 3.77. The van der Waals surface area contributed by atoms with Crippen LogP contribution in [0.15, 0.2) is 12.1 Å². The van der Waals surface area contributed by atoms with Crippen molar-refractivity contribution in [2.45, 2.75) is 12.8 Å². The van der Waals surface area contributed by atoms with E-state index >= 15 is 0 Å². The Labute approximate surface area is 107 Å². The van der Waals surface area contributed by atoms with E-state index in [1.54, 1.807) is 21.3 Å². The van der Waals surface area contributed by atoms with Crippen LogP contribution < -0.4 is 14.2 Å². The Hall–Kier alpha value is -1.68. The molecule has 1 N–H and O–H groups in total. The lowest BCUT2D eigenvalue weighted by molar-refractivity contribution is 0.321. The molecule has 1 aromatic carbocycles. The fourth-order valence-electron chi connectivity index (χ4n) is 2.40. The van der Waals surface area contributed by atoms with Crippen molar-refractivity contribution < 1.29 is 19.3 Å². The van der Waals surface area contributed by atoms with Gasteiger partial charge in [-0.3, -0.25) is 0 Å². The summed E-state index contributed by atoms with van der Waals surface area (Å²) in [6, 6.07) is 1.90. The summed E-state index contributed by atoms with van der Waals surface area (Å²) in [4.78, 5) is 0. The van der Waals surface area contributed by atoms with E-state index in [2.05, 4.69) is 0 Å². The summed E-state index contributed by atoms with van der Waals surface area (Å²) >= 11 is 0. The number of allylic oxidation sites excluding steroid dienone is 1. The minimum Gasteiger partial charge on any atom is -0.493 e. The molecule has 1 aliphatic rings. The van der Waals surface area contributed by atoms with Crippen molar-refractivity contribution in [3.05, 3.63) is 23.3 Å². The molecule has 0 atom stereocenters. The second-order valence-electron chi connectivity index (χ2n) is 4.10. The van der Waals surface area contributed by atoms with Gasteiger partial charge in [-0.15, -0.1) is 0 Å². The molecule has 98 valence electrons. The molecular weight excluding hydrogens is 232 g/mol. The average molecular weight is 250 g/mol. The van der Waals surface area contributed by atoms with Gasteiger partial charge in [-0.05, 0) is 30.0 Å². The molecule has 0 aliphatic heterocycles. The number of fused-ring (bicyclic) bond motifs is 1. The lowest BCUT2D eigenvalue weighted by Crippen LogP contribution is -2.07. The number of rotatable bonds is 4. The van der Waals surface area contributed by atoms with Gasteiger partial charge in [-0.25, -0.2) is 0 Å². The van der Waals surface area contributed by atoms with Gasteiger partial charge in [0.1, 0.15) is 0 Å². The van der Waals surface area contributed by atoms with Gasteiger partial charge in [-0.1, -0.05) is 6.08 Å². The summed E-state index contributed by atoms with van der Waals surface area (Å²) in [6.45, 7) is 0.0195. The van der Waals surface area contributed by atoms with Gasteiger partial charge in [-0.2, -0.15) is 0 Å². The number of ether oxygens (including phenoxy) is 3. The summed E-state index contributed by atoms with van der Waals surface area (Å²) in [5.41, 5.74) is 2.97. The van der Waals surface area contributed by atoms with E-state index in [4.69, 9.17) is 14.2 Å². The minimum atomic E-state index is 0.0195. The maximum Gasteiger partial charge on any atom is 0.203 e. The van der Waals surface area contributed by atoms with Crippen LogP contribution in [0.3, 0.4) is 0 Å². The molecule has 0 radical (unpaired) electrons. The van der Waals surface area contributed by atoms with E-state index in [-0.39, 0.29) is 6.61 Å². The minimum absolute atomic E-state index is 0.0195. The Balaban J connectivity index is 2.68. The SMILES string of the molecule is COc1cc2c(c(OC)c1OC)CCC=C2CO. The van der Waals surface area contributed by atoms with Crippen molar-refractivity contribution >= 4 is 5.57 Å². The number of methoxy groups -OCH3 is 3. The summed E-state index contributed by atoms with van der Waals surface area (Å²) < 4.78 is 16.1. The second kappa shape index (κ2) is 5.31. The van der Waals surface area contributed by atoms with E-state index in [9.17, 15) is 5.11 Å². The van der Waals surface area contributed by atoms with Gasteiger partial charge in [0.05, 0.1) is 27.9 Å². The first-order valence-corrected chi connectivity index (χ1v) is 5.88. The summed E-state index contributed by atoms with van der Waals surface area (Å²) in [6.07, 6.45) is 3.82. The Morgan fingerprint density at radius 1 is 1.11 bits per heavy atom. The Morgan fingerprint density at radius 3 is 2.39 bits per heavy atom. The van der Waals surface area contributed by atoms with Crippen molar-refractivity contribution in [3.63, 3.8) is 0 Å². The quantitative estimate of drug-likeness (QED) is 0.888. The molecule has 1 aromatic rings. The van der Waals surface area contributed by atoms with Gasteiger partial charge in [0.25, 0.3) is 0 Å². The van der Waals surface area contributed by atoms with Crippen molar-refractivity contribution in [1.82, 2.24) is 0 Å². The van der Waals surface area contributed by atoms with Crippen LogP contribution in [0.1, 0.15) is 17.5 Å². The zero-order chi connectivity index (χ0) is 13.1. The summed E-state index contributed by atoms with van der Waals surface area (Å²) in [5, 5.41) is 9.41. The largest absolute Gasteiger partial charge is 0.493 e. The highest BCUT2D eigenvalue weighted by Gasteiger charge is 2.23. The molecule has 4 heteroatoms. The van der Waals surface area contributed by atoms with Gasteiger partial charge in [0, 0.05) is 5.56 Å². The highest BCUT2D eigenvalue weighted by molar-refractivity contribution is 5.77. The zero-order valence-corrected chi connectivity index (χ0v) is 10.9. The van der Waals surface area contributed by atoms with Crippen molar-refractivity contribution in [2.75, 3.05) is 27.9 Å². The molecule has 4 nitrogen and oxygen atoms in total. The van der Waals surface area contributed by atoms with Crippen LogP contribution in [0.4, 0.5) is 0 Å². The van der Waals surface area contributed by atoms with Crippen LogP contribution >= 0.6 is 0 Å². The molecule has 0 spiro atoms. The number of aliphatic hydroxyl groups is 1. The van der Waals surface area contributed by atoms with E-state index in [0.29, 0.717) is 17.2 Å². The van der Waals surface area contributed by atoms with E-state index in [0.717, 1.165) is 29.5 Å². The fraction of sp³-hybridized carbons (Fsp3) is 0.429. The first-order chi connectivity index (χ1) is 8.76. The van der Waals surface area contributed by atoms with Gasteiger partial charge in [0.2, 0.25) is 5.75 Å². The number of benzene rings is 1. The van der Waals surface area contributed by atoms with Gasteiger partial charge < -0.3 is 19.3 Å². The third kappa shape index (κ3) is 1.93. The highest BCUT2D eigenvalue weighted by atomic mass is 16.5. The molecule has 0 saturated heterocycles. The zero-order valence-electron chi connectivity index (χ0n) is 10.9. The van der Waals surface area contributed by atoms with Gasteiger partial charge in [0.15, 0.2) is 11.5 Å². The number of aliphatic hydroxyl groups excluding tert-OH is 1. The predicted octanol–water partition coefficient (Wildman–Crippen LogP) is 2.03. The lowest BCUT2D eigenvalue weighted by Gasteiger charge is -2.22. The third-order valence-corrected chi connectivity index (χ3v) is 3.23. The van der Waals surface area contributed by atoms with Crippen LogP contribution in [0.2, 0.25) is 0 Å². The topological polar surface area (TPSA) is 47.9 Å². The van der Waals surface area contributed by atoms with E-state index in [1.165, 1.54) is 0 Å². The molecular formula is C14H18O4. The lowest BCUT2D eigenvalue weighted by atomic mass is 9.89. The Morgan fingerprint density at radius 2 is 1.83 bits per heavy atom. The molecule has 18 heavy (non-hydrogen) atoms. The summed E-state index contributed by atoms with van der Waals surface area (Å²) in [7, 11) is 4.81. The number of hydrogen-bond acceptors (Lipinski definition) is 4. The smallest absolute Gasteiger partial charge is 0.203 e. The van der Waals surface area contributed by atoms with E-state index in [1.807, 2.05) is 12.1 Å². The first-order valence-electron chi connectivity index (χ1n) is 5.88. The van der Waals surface area contributed by atoms with Crippen LogP contribution in [0.5, 0.6) is 17.2 Å². The molecule has 0 heterocycles. The van der Waals surface area contributed by atoms with Crippen LogP contribution in [-0.2, 0) is 6.42 Å². The van der Waals surface area contributed by atoms with Crippen molar-refractivity contribution in [1.29, 1.82) is 0 Å². The molecule has 0 saturated carbocycles. The van der Waals surface area contributed by atoms with Crippen LogP contribution in [0, 0.1) is 0 Å². The number of hydrogen-bond donors (Lipinski definition) is 1. The monoisotopic (exact) mass is 250 g/mol. The molecule has 2 rings (SSSR count).